The van der Waals surface area contributed by atoms with Gasteiger partial charge in [-0.05, 0) is 20.3 Å². The Morgan fingerprint density at radius 1 is 1.44 bits per heavy atom. The van der Waals surface area contributed by atoms with Crippen molar-refractivity contribution >= 4 is 0 Å². The molecule has 0 aromatic carbocycles. The Morgan fingerprint density at radius 2 is 2.00 bits per heavy atom. The Kier molecular flexibility index (Phi) is 4.12. The molecule has 0 rings (SSSR count). The molecule has 0 heterocycles. The fraction of sp³-hybridized carbons (Fsp3) is 0.556. The number of allylic oxidation sites excluding steroid dienone is 3. The van der Waals surface area contributed by atoms with Crippen LogP contribution in [0.1, 0.15) is 33.6 Å². The highest BCUT2D eigenvalue weighted by molar-refractivity contribution is 5.19. The van der Waals surface area contributed by atoms with E-state index in [1.807, 2.05) is 6.08 Å². The van der Waals surface area contributed by atoms with Crippen LogP contribution in [0.15, 0.2) is 23.8 Å². The molecule has 52 valence electrons. The summed E-state index contributed by atoms with van der Waals surface area (Å²) in [5, 5.41) is 0. The Hall–Kier alpha value is -0.520. The maximum absolute atomic E-state index is 3.71. The van der Waals surface area contributed by atoms with Crippen LogP contribution in [-0.4, -0.2) is 0 Å². The summed E-state index contributed by atoms with van der Waals surface area (Å²) in [7, 11) is 0. The van der Waals surface area contributed by atoms with Crippen LogP contribution in [0, 0.1) is 0 Å². The van der Waals surface area contributed by atoms with Gasteiger partial charge in [0.15, 0.2) is 0 Å². The molecule has 0 nitrogen and oxygen atoms in total. The van der Waals surface area contributed by atoms with Crippen LogP contribution in [0.4, 0.5) is 0 Å². The Balaban J connectivity index is 3.93. The summed E-state index contributed by atoms with van der Waals surface area (Å²) >= 11 is 0. The van der Waals surface area contributed by atoms with Crippen molar-refractivity contribution < 1.29 is 0 Å². The van der Waals surface area contributed by atoms with Crippen LogP contribution in [0.5, 0.6) is 0 Å². The van der Waals surface area contributed by atoms with Gasteiger partial charge in [0.25, 0.3) is 0 Å². The summed E-state index contributed by atoms with van der Waals surface area (Å²) in [4.78, 5) is 0. The van der Waals surface area contributed by atoms with Gasteiger partial charge in [-0.3, -0.25) is 0 Å². The maximum atomic E-state index is 3.71. The normalized spacial score (nSPS) is 12.8. The van der Waals surface area contributed by atoms with E-state index in [-0.39, 0.29) is 0 Å². The molecule has 0 radical (unpaired) electrons. The van der Waals surface area contributed by atoms with Gasteiger partial charge in [-0.25, -0.2) is 0 Å². The van der Waals surface area contributed by atoms with E-state index in [0.29, 0.717) is 0 Å². The van der Waals surface area contributed by atoms with Gasteiger partial charge in [-0.1, -0.05) is 37.1 Å². The third-order valence-corrected chi connectivity index (χ3v) is 1.60. The van der Waals surface area contributed by atoms with Gasteiger partial charge >= 0.3 is 0 Å². The molecular formula is C9H16. The van der Waals surface area contributed by atoms with E-state index in [1.54, 1.807) is 0 Å². The lowest BCUT2D eigenvalue weighted by molar-refractivity contribution is 0.895. The van der Waals surface area contributed by atoms with Gasteiger partial charge < -0.3 is 0 Å². The minimum atomic E-state index is 1.21. The zero-order valence-corrected chi connectivity index (χ0v) is 6.70. The summed E-state index contributed by atoms with van der Waals surface area (Å²) in [6, 6.07) is 0. The minimum Gasteiger partial charge on any atom is -0.0988 e. The van der Waals surface area contributed by atoms with Crippen LogP contribution in [0.2, 0.25) is 0 Å². The van der Waals surface area contributed by atoms with Crippen LogP contribution in [0.25, 0.3) is 0 Å². The van der Waals surface area contributed by atoms with E-state index in [1.165, 1.54) is 24.0 Å². The smallest absolute Gasteiger partial charge is 0.0320 e. The van der Waals surface area contributed by atoms with Crippen LogP contribution >= 0.6 is 0 Å². The lowest BCUT2D eigenvalue weighted by Crippen LogP contribution is -1.78. The molecule has 0 amide bonds. The molecule has 0 aromatic rings. The van der Waals surface area contributed by atoms with Gasteiger partial charge in [0.1, 0.15) is 0 Å². The van der Waals surface area contributed by atoms with Crippen molar-refractivity contribution in [2.75, 3.05) is 0 Å². The van der Waals surface area contributed by atoms with E-state index >= 15 is 0 Å². The van der Waals surface area contributed by atoms with Gasteiger partial charge in [0.05, 0.1) is 0 Å². The largest absolute Gasteiger partial charge is 0.0988 e. The highest BCUT2D eigenvalue weighted by Gasteiger charge is 1.89. The first-order valence-electron chi connectivity index (χ1n) is 3.51. The second-order valence-electron chi connectivity index (χ2n) is 2.42. The standard InChI is InChI=1S/C9H16/c1-5-7-9(4)8(3)6-2/h6H,2,5,7H2,1,3-4H3/b9-8+. The van der Waals surface area contributed by atoms with E-state index in [9.17, 15) is 0 Å². The molecule has 0 saturated carbocycles. The molecule has 0 aromatic heterocycles. The van der Waals surface area contributed by atoms with Crippen molar-refractivity contribution in [3.8, 4) is 0 Å². The molecule has 0 bridgehead atoms. The average Bonchev–Trinajstić information content (AvgIpc) is 1.87. The molecule has 0 aliphatic rings. The van der Waals surface area contributed by atoms with E-state index in [0.717, 1.165) is 0 Å². The van der Waals surface area contributed by atoms with Crippen molar-refractivity contribution in [3.63, 3.8) is 0 Å². The molecule has 0 unspecified atom stereocenters. The van der Waals surface area contributed by atoms with Crippen molar-refractivity contribution in [2.24, 2.45) is 0 Å². The van der Waals surface area contributed by atoms with Crippen LogP contribution < -0.4 is 0 Å². The Morgan fingerprint density at radius 3 is 2.33 bits per heavy atom. The van der Waals surface area contributed by atoms with E-state index in [4.69, 9.17) is 0 Å². The molecule has 0 aliphatic carbocycles. The molecule has 0 heteroatoms. The fourth-order valence-electron chi connectivity index (χ4n) is 0.746. The van der Waals surface area contributed by atoms with Gasteiger partial charge in [-0.15, -0.1) is 0 Å². The molecule has 0 atom stereocenters. The molecule has 0 N–H and O–H groups in total. The third kappa shape index (κ3) is 3.12. The lowest BCUT2D eigenvalue weighted by atomic mass is 10.1. The zero-order chi connectivity index (χ0) is 7.28. The second kappa shape index (κ2) is 4.37. The number of rotatable bonds is 3. The van der Waals surface area contributed by atoms with Crippen molar-refractivity contribution in [2.45, 2.75) is 33.6 Å². The van der Waals surface area contributed by atoms with Gasteiger partial charge in [0.2, 0.25) is 0 Å². The lowest BCUT2D eigenvalue weighted by Gasteiger charge is -1.99. The average molecular weight is 124 g/mol. The molecule has 0 fully saturated rings. The molecule has 9 heavy (non-hydrogen) atoms. The van der Waals surface area contributed by atoms with Crippen molar-refractivity contribution in [3.05, 3.63) is 23.8 Å². The predicted octanol–water partition coefficient (Wildman–Crippen LogP) is 3.31. The molecular weight excluding hydrogens is 108 g/mol. The SMILES string of the molecule is C=C/C(C)=C(\C)CCC. The first-order chi connectivity index (χ1) is 4.22. The summed E-state index contributed by atoms with van der Waals surface area (Å²) in [5.74, 6) is 0. The third-order valence-electron chi connectivity index (χ3n) is 1.60. The summed E-state index contributed by atoms with van der Waals surface area (Å²) in [6.07, 6.45) is 4.36. The highest BCUT2D eigenvalue weighted by atomic mass is 14.0. The highest BCUT2D eigenvalue weighted by Crippen LogP contribution is 2.09. The first kappa shape index (κ1) is 8.48. The van der Waals surface area contributed by atoms with Crippen LogP contribution in [-0.2, 0) is 0 Å². The monoisotopic (exact) mass is 124 g/mol. The summed E-state index contributed by atoms with van der Waals surface area (Å²) in [6.45, 7) is 10.2. The summed E-state index contributed by atoms with van der Waals surface area (Å²) < 4.78 is 0. The topological polar surface area (TPSA) is 0 Å². The number of hydrogen-bond donors (Lipinski definition) is 0. The zero-order valence-electron chi connectivity index (χ0n) is 6.70. The van der Waals surface area contributed by atoms with Crippen molar-refractivity contribution in [1.82, 2.24) is 0 Å². The Bertz CT molecular complexity index is 118. The summed E-state index contributed by atoms with van der Waals surface area (Å²) in [5.41, 5.74) is 2.80. The molecule has 0 spiro atoms. The number of hydrogen-bond acceptors (Lipinski definition) is 0. The van der Waals surface area contributed by atoms with E-state index in [2.05, 4.69) is 27.4 Å². The Labute approximate surface area is 58.3 Å². The first-order valence-corrected chi connectivity index (χ1v) is 3.51. The fourth-order valence-corrected chi connectivity index (χ4v) is 0.746. The second-order valence-corrected chi connectivity index (χ2v) is 2.42. The van der Waals surface area contributed by atoms with Crippen LogP contribution in [0.3, 0.4) is 0 Å². The quantitative estimate of drug-likeness (QED) is 0.506. The molecule has 0 saturated heterocycles. The van der Waals surface area contributed by atoms with Gasteiger partial charge in [-0.2, -0.15) is 0 Å². The van der Waals surface area contributed by atoms with Crippen molar-refractivity contribution in [1.29, 1.82) is 0 Å². The minimum absolute atomic E-state index is 1.21. The predicted molar refractivity (Wildman–Crippen MR) is 43.5 cm³/mol. The van der Waals surface area contributed by atoms with Gasteiger partial charge in [0, 0.05) is 0 Å². The maximum Gasteiger partial charge on any atom is -0.0320 e. The molecule has 0 aliphatic heterocycles. The van der Waals surface area contributed by atoms with E-state index < -0.39 is 0 Å².